The molecule has 0 saturated carbocycles. The second-order valence-corrected chi connectivity index (χ2v) is 3.54. The number of halogens is 2. The van der Waals surface area contributed by atoms with Gasteiger partial charge in [-0.25, -0.2) is 0 Å². The van der Waals surface area contributed by atoms with Gasteiger partial charge in [0, 0.05) is 14.5 Å². The average molecular weight is 302 g/mol. The van der Waals surface area contributed by atoms with Crippen LogP contribution in [0.25, 0.3) is 0 Å². The number of rotatable bonds is 1. The van der Waals surface area contributed by atoms with Gasteiger partial charge in [0.25, 0.3) is 0 Å². The van der Waals surface area contributed by atoms with Crippen LogP contribution in [0.4, 0.5) is 0 Å². The molecule has 0 aliphatic carbocycles. The molecule has 0 aliphatic heterocycles. The third-order valence-corrected chi connectivity index (χ3v) is 3.22. The van der Waals surface area contributed by atoms with Gasteiger partial charge in [0.05, 0.1) is 5.97 Å². The number of carbonyl (C=O) groups excluding carboxylic acids is 1. The molecule has 0 heterocycles. The van der Waals surface area contributed by atoms with Crippen LogP contribution in [0.5, 0.6) is 0 Å². The molecule has 58 valence electrons. The summed E-state index contributed by atoms with van der Waals surface area (Å²) >= 11 is 6.29. The third kappa shape index (κ3) is 2.85. The first-order valence-electron chi connectivity index (χ1n) is 2.78. The third-order valence-electron chi connectivity index (χ3n) is 1.17. The van der Waals surface area contributed by atoms with Crippen LogP contribution in [0.3, 0.4) is 0 Å². The molecular weight excluding hydrogens is 299 g/mol. The minimum Gasteiger partial charge on any atom is -0.545 e. The van der Waals surface area contributed by atoms with Gasteiger partial charge in [-0.3, -0.25) is 0 Å². The number of benzene rings is 1. The maximum Gasteiger partial charge on any atom is 1.00 e. The number of hydrogen-bond donors (Lipinski definition) is 0. The molecule has 2 nitrogen and oxygen atoms in total. The zero-order valence-corrected chi connectivity index (χ0v) is 11.5. The predicted molar refractivity (Wildman–Crippen MR) is 46.2 cm³/mol. The maximum absolute atomic E-state index is 10.4. The number of carboxylic acids is 1. The summed E-state index contributed by atoms with van der Waals surface area (Å²) in [6.07, 6.45) is 0. The molecule has 0 unspecified atom stereocenters. The number of carboxylic acid groups (broad SMARTS) is 1. The predicted octanol–water partition coefficient (Wildman–Crippen LogP) is -1.42. The van der Waals surface area contributed by atoms with Gasteiger partial charge in [-0.15, -0.1) is 0 Å². The first-order valence-corrected chi connectivity index (χ1v) is 4.37. The van der Waals surface area contributed by atoms with E-state index in [0.717, 1.165) is 0 Å². The van der Waals surface area contributed by atoms with Crippen LogP contribution < -0.4 is 34.7 Å². The Hall–Kier alpha value is 0.650. The fraction of sp³-hybridized carbons (Fsp3) is 0. The van der Waals surface area contributed by atoms with Gasteiger partial charge in [0.1, 0.15) is 0 Å². The minimum atomic E-state index is -1.18. The fourth-order valence-corrected chi connectivity index (χ4v) is 1.45. The molecule has 1 aromatic rings. The molecule has 0 saturated heterocycles. The second kappa shape index (κ2) is 5.40. The Balaban J connectivity index is 0.00000121. The summed E-state index contributed by atoms with van der Waals surface area (Å²) < 4.78 is 1.22. The van der Waals surface area contributed by atoms with E-state index in [1.807, 2.05) is 0 Å². The molecule has 0 bridgehead atoms. The van der Waals surface area contributed by atoms with Crippen molar-refractivity contribution in [1.82, 2.24) is 0 Å². The number of hydrogen-bond acceptors (Lipinski definition) is 2. The summed E-state index contributed by atoms with van der Waals surface area (Å²) in [6.45, 7) is 0. The van der Waals surface area contributed by atoms with E-state index >= 15 is 0 Å². The summed E-state index contributed by atoms with van der Waals surface area (Å²) in [5, 5.41) is 10.4. The Morgan fingerprint density at radius 2 is 1.92 bits per heavy atom. The van der Waals surface area contributed by atoms with Gasteiger partial charge in [-0.2, -0.15) is 0 Å². The first-order chi connectivity index (χ1) is 5.13. The van der Waals surface area contributed by atoms with Crippen molar-refractivity contribution in [2.45, 2.75) is 0 Å². The molecule has 0 radical (unpaired) electrons. The summed E-state index contributed by atoms with van der Waals surface area (Å²) in [5.41, 5.74) is 0.152. The standard InChI is InChI=1S/C7H4Br2O2.Na/c8-5-3-1-2-4(6(5)9)7(10)11;/h1-3H,(H,10,11);/q;+1/p-1. The van der Waals surface area contributed by atoms with Crippen LogP contribution in [0.1, 0.15) is 10.4 Å². The van der Waals surface area contributed by atoms with Gasteiger partial charge in [-0.05, 0) is 37.9 Å². The Kier molecular flexibility index (Phi) is 5.69. The van der Waals surface area contributed by atoms with Crippen molar-refractivity contribution in [3.05, 3.63) is 32.7 Å². The van der Waals surface area contributed by atoms with E-state index < -0.39 is 5.97 Å². The van der Waals surface area contributed by atoms with Crippen molar-refractivity contribution in [2.75, 3.05) is 0 Å². The first kappa shape index (κ1) is 12.7. The Morgan fingerprint density at radius 3 is 2.33 bits per heavy atom. The summed E-state index contributed by atoms with van der Waals surface area (Å²) in [6, 6.07) is 4.86. The van der Waals surface area contributed by atoms with E-state index in [9.17, 15) is 9.90 Å². The molecule has 12 heavy (non-hydrogen) atoms. The van der Waals surface area contributed by atoms with Crippen LogP contribution >= 0.6 is 31.9 Å². The quantitative estimate of drug-likeness (QED) is 0.597. The van der Waals surface area contributed by atoms with Gasteiger partial charge >= 0.3 is 29.6 Å². The van der Waals surface area contributed by atoms with Crippen molar-refractivity contribution < 1.29 is 39.5 Å². The fourth-order valence-electron chi connectivity index (χ4n) is 0.661. The molecule has 0 amide bonds. The van der Waals surface area contributed by atoms with Crippen molar-refractivity contribution >= 4 is 37.8 Å². The van der Waals surface area contributed by atoms with Crippen molar-refractivity contribution in [3.8, 4) is 0 Å². The SMILES string of the molecule is O=C([O-])c1cccc(Br)c1Br.[Na+]. The molecule has 0 aliphatic rings. The van der Waals surface area contributed by atoms with E-state index in [4.69, 9.17) is 0 Å². The molecule has 0 N–H and O–H groups in total. The zero-order valence-electron chi connectivity index (χ0n) is 6.30. The van der Waals surface area contributed by atoms with E-state index in [2.05, 4.69) is 31.9 Å². The van der Waals surface area contributed by atoms with Gasteiger partial charge in [-0.1, -0.05) is 12.1 Å². The maximum atomic E-state index is 10.4. The van der Waals surface area contributed by atoms with E-state index in [1.165, 1.54) is 6.07 Å². The molecule has 0 atom stereocenters. The van der Waals surface area contributed by atoms with Crippen molar-refractivity contribution in [2.24, 2.45) is 0 Å². The molecular formula is C7H3Br2NaO2. The topological polar surface area (TPSA) is 40.1 Å². The van der Waals surface area contributed by atoms with Crippen LogP contribution in [0.15, 0.2) is 27.1 Å². The smallest absolute Gasteiger partial charge is 0.545 e. The van der Waals surface area contributed by atoms with Gasteiger partial charge < -0.3 is 9.90 Å². The Bertz CT molecular complexity index is 301. The molecule has 0 spiro atoms. The molecule has 0 aromatic heterocycles. The normalized spacial score (nSPS) is 8.83. The zero-order chi connectivity index (χ0) is 8.43. The van der Waals surface area contributed by atoms with Crippen LogP contribution in [-0.2, 0) is 0 Å². The molecule has 1 aromatic carbocycles. The largest absolute Gasteiger partial charge is 1.00 e. The molecule has 0 fully saturated rings. The van der Waals surface area contributed by atoms with Crippen molar-refractivity contribution in [3.63, 3.8) is 0 Å². The van der Waals surface area contributed by atoms with Gasteiger partial charge in [0.15, 0.2) is 0 Å². The van der Waals surface area contributed by atoms with E-state index in [0.29, 0.717) is 8.95 Å². The monoisotopic (exact) mass is 300 g/mol. The van der Waals surface area contributed by atoms with Crippen LogP contribution in [0.2, 0.25) is 0 Å². The van der Waals surface area contributed by atoms with Crippen LogP contribution in [-0.4, -0.2) is 5.97 Å². The molecule has 1 rings (SSSR count). The Morgan fingerprint density at radius 1 is 1.33 bits per heavy atom. The second-order valence-electron chi connectivity index (χ2n) is 1.89. The van der Waals surface area contributed by atoms with Crippen molar-refractivity contribution in [1.29, 1.82) is 0 Å². The average Bonchev–Trinajstić information content (AvgIpc) is 1.94. The number of carbonyl (C=O) groups is 1. The summed E-state index contributed by atoms with van der Waals surface area (Å²) in [7, 11) is 0. The Labute approximate surface area is 109 Å². The number of aromatic carboxylic acids is 1. The minimum absolute atomic E-state index is 0. The van der Waals surface area contributed by atoms with Gasteiger partial charge in [0.2, 0.25) is 0 Å². The van der Waals surface area contributed by atoms with E-state index in [1.54, 1.807) is 12.1 Å². The van der Waals surface area contributed by atoms with Crippen LogP contribution in [0, 0.1) is 0 Å². The summed E-state index contributed by atoms with van der Waals surface area (Å²) in [4.78, 5) is 10.4. The summed E-state index contributed by atoms with van der Waals surface area (Å²) in [5.74, 6) is -1.18. The molecule has 5 heteroatoms. The van der Waals surface area contributed by atoms with E-state index in [-0.39, 0.29) is 35.1 Å².